The SMILES string of the molecule is Cc1cc(C(=O)N[C@H]2CCO[C@@H]2c2c(C)nn(C)c2C)cc(=O)[nH]1. The summed E-state index contributed by atoms with van der Waals surface area (Å²) in [7, 11) is 1.90. The van der Waals surface area contributed by atoms with Gasteiger partial charge < -0.3 is 15.0 Å². The molecule has 2 aromatic heterocycles. The number of hydrogen-bond donors (Lipinski definition) is 2. The molecule has 0 radical (unpaired) electrons. The van der Waals surface area contributed by atoms with Crippen LogP contribution in [-0.4, -0.2) is 33.3 Å². The van der Waals surface area contributed by atoms with Crippen LogP contribution in [0.1, 0.15) is 45.5 Å². The van der Waals surface area contributed by atoms with E-state index in [1.54, 1.807) is 13.0 Å². The monoisotopic (exact) mass is 330 g/mol. The van der Waals surface area contributed by atoms with Crippen LogP contribution >= 0.6 is 0 Å². The summed E-state index contributed by atoms with van der Waals surface area (Å²) < 4.78 is 7.70. The van der Waals surface area contributed by atoms with Gasteiger partial charge in [0.15, 0.2) is 0 Å². The molecule has 0 unspecified atom stereocenters. The van der Waals surface area contributed by atoms with Gasteiger partial charge in [-0.3, -0.25) is 14.3 Å². The first kappa shape index (κ1) is 16.4. The van der Waals surface area contributed by atoms with Crippen LogP contribution in [-0.2, 0) is 11.8 Å². The van der Waals surface area contributed by atoms with Crippen molar-refractivity contribution in [3.63, 3.8) is 0 Å². The van der Waals surface area contributed by atoms with Gasteiger partial charge in [-0.25, -0.2) is 0 Å². The van der Waals surface area contributed by atoms with Crippen LogP contribution in [0.3, 0.4) is 0 Å². The zero-order chi connectivity index (χ0) is 17.4. The molecule has 2 aromatic rings. The molecule has 0 spiro atoms. The van der Waals surface area contributed by atoms with Gasteiger partial charge in [-0.15, -0.1) is 0 Å². The van der Waals surface area contributed by atoms with E-state index in [1.165, 1.54) is 6.07 Å². The minimum absolute atomic E-state index is 0.140. The molecule has 1 fully saturated rings. The maximum atomic E-state index is 12.5. The predicted octanol–water partition coefficient (Wildman–Crippen LogP) is 1.29. The molecular formula is C17H22N4O3. The van der Waals surface area contributed by atoms with E-state index in [0.717, 1.165) is 23.4 Å². The van der Waals surface area contributed by atoms with Gasteiger partial charge in [0.2, 0.25) is 5.56 Å². The van der Waals surface area contributed by atoms with Crippen LogP contribution in [0.5, 0.6) is 0 Å². The van der Waals surface area contributed by atoms with Crippen LogP contribution in [0.4, 0.5) is 0 Å². The van der Waals surface area contributed by atoms with Crippen LogP contribution in [0.2, 0.25) is 0 Å². The highest BCUT2D eigenvalue weighted by atomic mass is 16.5. The van der Waals surface area contributed by atoms with Crippen molar-refractivity contribution in [2.24, 2.45) is 7.05 Å². The van der Waals surface area contributed by atoms with Crippen LogP contribution < -0.4 is 10.9 Å². The number of aromatic amines is 1. The van der Waals surface area contributed by atoms with Crippen molar-refractivity contribution in [2.75, 3.05) is 6.61 Å². The first-order valence-electron chi connectivity index (χ1n) is 8.00. The second-order valence-electron chi connectivity index (χ2n) is 6.28. The molecule has 24 heavy (non-hydrogen) atoms. The van der Waals surface area contributed by atoms with Crippen molar-refractivity contribution in [3.8, 4) is 0 Å². The van der Waals surface area contributed by atoms with Gasteiger partial charge >= 0.3 is 0 Å². The molecule has 1 aliphatic rings. The third kappa shape index (κ3) is 2.99. The summed E-state index contributed by atoms with van der Waals surface area (Å²) in [6.07, 6.45) is 0.512. The fourth-order valence-corrected chi connectivity index (χ4v) is 3.29. The third-order valence-corrected chi connectivity index (χ3v) is 4.50. The minimum atomic E-state index is -0.279. The molecule has 0 aliphatic carbocycles. The average molecular weight is 330 g/mol. The topological polar surface area (TPSA) is 89.0 Å². The van der Waals surface area contributed by atoms with Crippen LogP contribution in [0.25, 0.3) is 0 Å². The maximum Gasteiger partial charge on any atom is 0.251 e. The van der Waals surface area contributed by atoms with Gasteiger partial charge in [-0.2, -0.15) is 5.10 Å². The minimum Gasteiger partial charge on any atom is -0.371 e. The zero-order valence-corrected chi connectivity index (χ0v) is 14.3. The first-order valence-corrected chi connectivity index (χ1v) is 8.00. The summed E-state index contributed by atoms with van der Waals surface area (Å²) in [6, 6.07) is 2.84. The number of rotatable bonds is 3. The number of pyridine rings is 1. The first-order chi connectivity index (χ1) is 11.4. The smallest absolute Gasteiger partial charge is 0.251 e. The average Bonchev–Trinajstić information content (AvgIpc) is 3.03. The predicted molar refractivity (Wildman–Crippen MR) is 89.0 cm³/mol. The molecule has 3 heterocycles. The normalized spacial score (nSPS) is 20.3. The van der Waals surface area contributed by atoms with Gasteiger partial charge in [0.25, 0.3) is 5.91 Å². The quantitative estimate of drug-likeness (QED) is 0.887. The third-order valence-electron chi connectivity index (χ3n) is 4.50. The van der Waals surface area contributed by atoms with Crippen molar-refractivity contribution in [1.82, 2.24) is 20.1 Å². The number of nitrogens with one attached hydrogen (secondary N) is 2. The standard InChI is InChI=1S/C17H22N4O3/c1-9-7-12(8-14(22)18-9)17(23)19-13-5-6-24-16(13)15-10(2)20-21(4)11(15)3/h7-8,13,16H,5-6H2,1-4H3,(H,18,22)(H,19,23)/t13-,16-/m0/s1. The number of carbonyl (C=O) groups excluding carboxylic acids is 1. The second kappa shape index (κ2) is 6.24. The Morgan fingerprint density at radius 1 is 1.38 bits per heavy atom. The Balaban J connectivity index is 1.83. The molecule has 0 saturated carbocycles. The summed E-state index contributed by atoms with van der Waals surface area (Å²) in [4.78, 5) is 26.7. The molecule has 128 valence electrons. The Morgan fingerprint density at radius 3 is 2.75 bits per heavy atom. The van der Waals surface area contributed by atoms with E-state index < -0.39 is 0 Å². The molecule has 2 atom stereocenters. The van der Waals surface area contributed by atoms with E-state index in [-0.39, 0.29) is 23.6 Å². The Kier molecular flexibility index (Phi) is 4.28. The lowest BCUT2D eigenvalue weighted by Crippen LogP contribution is -2.37. The number of carbonyl (C=O) groups is 1. The highest BCUT2D eigenvalue weighted by Gasteiger charge is 2.34. The molecule has 0 aromatic carbocycles. The summed E-state index contributed by atoms with van der Waals surface area (Å²) in [5.74, 6) is -0.260. The van der Waals surface area contributed by atoms with Gasteiger partial charge in [0.1, 0.15) is 6.10 Å². The van der Waals surface area contributed by atoms with E-state index >= 15 is 0 Å². The molecule has 0 bridgehead atoms. The molecule has 3 rings (SSSR count). The number of ether oxygens (including phenoxy) is 1. The fraction of sp³-hybridized carbons (Fsp3) is 0.471. The summed E-state index contributed by atoms with van der Waals surface area (Å²) in [5.41, 5.74) is 3.71. The van der Waals surface area contributed by atoms with Gasteiger partial charge in [-0.05, 0) is 33.3 Å². The van der Waals surface area contributed by atoms with E-state index in [1.807, 2.05) is 25.6 Å². The molecular weight excluding hydrogens is 308 g/mol. The number of aryl methyl sites for hydroxylation is 3. The molecule has 1 amide bonds. The highest BCUT2D eigenvalue weighted by molar-refractivity contribution is 5.94. The van der Waals surface area contributed by atoms with E-state index in [4.69, 9.17) is 4.74 Å². The van der Waals surface area contributed by atoms with Crippen molar-refractivity contribution in [2.45, 2.75) is 39.3 Å². The maximum absolute atomic E-state index is 12.5. The summed E-state index contributed by atoms with van der Waals surface area (Å²) in [6.45, 7) is 6.28. The molecule has 7 nitrogen and oxygen atoms in total. The Labute approximate surface area is 140 Å². The largest absolute Gasteiger partial charge is 0.371 e. The van der Waals surface area contributed by atoms with Crippen molar-refractivity contribution >= 4 is 5.91 Å². The van der Waals surface area contributed by atoms with Crippen LogP contribution in [0, 0.1) is 20.8 Å². The molecule has 1 aliphatic heterocycles. The number of hydrogen-bond acceptors (Lipinski definition) is 4. The van der Waals surface area contributed by atoms with Gasteiger partial charge in [0, 0.05) is 42.2 Å². The molecule has 7 heteroatoms. The number of aromatic nitrogens is 3. The lowest BCUT2D eigenvalue weighted by atomic mass is 10.00. The number of H-pyrrole nitrogens is 1. The molecule has 1 saturated heterocycles. The van der Waals surface area contributed by atoms with Gasteiger partial charge in [0.05, 0.1) is 11.7 Å². The zero-order valence-electron chi connectivity index (χ0n) is 14.3. The fourth-order valence-electron chi connectivity index (χ4n) is 3.29. The Morgan fingerprint density at radius 2 is 2.12 bits per heavy atom. The van der Waals surface area contributed by atoms with Crippen LogP contribution in [0.15, 0.2) is 16.9 Å². The lowest BCUT2D eigenvalue weighted by Gasteiger charge is -2.20. The van der Waals surface area contributed by atoms with Crippen molar-refractivity contribution in [1.29, 1.82) is 0 Å². The molecule has 2 N–H and O–H groups in total. The summed E-state index contributed by atoms with van der Waals surface area (Å²) >= 11 is 0. The van der Waals surface area contributed by atoms with Crippen molar-refractivity contribution in [3.05, 3.63) is 50.7 Å². The Hall–Kier alpha value is -2.41. The highest BCUT2D eigenvalue weighted by Crippen LogP contribution is 2.33. The lowest BCUT2D eigenvalue weighted by molar-refractivity contribution is 0.0817. The Bertz CT molecular complexity index is 837. The van der Waals surface area contributed by atoms with E-state index in [9.17, 15) is 9.59 Å². The second-order valence-corrected chi connectivity index (χ2v) is 6.28. The van der Waals surface area contributed by atoms with E-state index in [2.05, 4.69) is 15.4 Å². The van der Waals surface area contributed by atoms with Crippen molar-refractivity contribution < 1.29 is 9.53 Å². The van der Waals surface area contributed by atoms with Gasteiger partial charge in [-0.1, -0.05) is 0 Å². The number of nitrogens with zero attached hydrogens (tertiary/aromatic N) is 2. The summed E-state index contributed by atoms with van der Waals surface area (Å²) in [5, 5.41) is 7.44. The van der Waals surface area contributed by atoms with E-state index in [0.29, 0.717) is 17.9 Å². The number of amides is 1.